The Morgan fingerprint density at radius 3 is 2.36 bits per heavy atom. The van der Waals surface area contributed by atoms with Gasteiger partial charge >= 0.3 is 12.1 Å². The first kappa shape index (κ1) is 15.3. The van der Waals surface area contributed by atoms with Crippen molar-refractivity contribution in [3.05, 3.63) is 35.1 Å². The SMILES string of the molecule is COC(=O)N1N=C(c2cc(F)c(F)c(F)c2)C(C(=O)O)=NN1. The van der Waals surface area contributed by atoms with Crippen LogP contribution >= 0.6 is 0 Å². The van der Waals surface area contributed by atoms with Gasteiger partial charge in [0, 0.05) is 5.56 Å². The molecule has 0 unspecified atom stereocenters. The second-order valence-corrected chi connectivity index (χ2v) is 3.85. The summed E-state index contributed by atoms with van der Waals surface area (Å²) in [6.45, 7) is 0. The Balaban J connectivity index is 2.55. The molecule has 2 rings (SSSR count). The molecule has 11 heteroatoms. The molecule has 1 aliphatic rings. The van der Waals surface area contributed by atoms with Crippen LogP contribution < -0.4 is 5.53 Å². The molecule has 0 atom stereocenters. The Kier molecular flexibility index (Phi) is 3.97. The fourth-order valence-corrected chi connectivity index (χ4v) is 1.52. The highest BCUT2D eigenvalue weighted by atomic mass is 19.2. The van der Waals surface area contributed by atoms with Crippen LogP contribution in [0.25, 0.3) is 0 Å². The van der Waals surface area contributed by atoms with E-state index in [2.05, 4.69) is 14.9 Å². The Labute approximate surface area is 120 Å². The molecule has 0 saturated carbocycles. The Bertz CT molecular complexity index is 696. The van der Waals surface area contributed by atoms with Crippen molar-refractivity contribution in [3.63, 3.8) is 0 Å². The first-order valence-corrected chi connectivity index (χ1v) is 5.53. The molecule has 0 radical (unpaired) electrons. The molecule has 1 aromatic carbocycles. The number of rotatable bonds is 2. The number of amides is 1. The fourth-order valence-electron chi connectivity index (χ4n) is 1.52. The van der Waals surface area contributed by atoms with Crippen LogP contribution in [0.1, 0.15) is 5.56 Å². The van der Waals surface area contributed by atoms with Crippen LogP contribution in [0.3, 0.4) is 0 Å². The molecule has 8 nitrogen and oxygen atoms in total. The maximum atomic E-state index is 13.3. The lowest BCUT2D eigenvalue weighted by atomic mass is 10.1. The quantitative estimate of drug-likeness (QED) is 0.787. The minimum Gasteiger partial charge on any atom is -0.476 e. The number of ether oxygens (including phenoxy) is 1. The normalized spacial score (nSPS) is 13.9. The number of carboxylic acid groups (broad SMARTS) is 1. The van der Waals surface area contributed by atoms with E-state index in [0.717, 1.165) is 7.11 Å². The third-order valence-corrected chi connectivity index (χ3v) is 2.49. The molecule has 1 heterocycles. The van der Waals surface area contributed by atoms with E-state index in [1.165, 1.54) is 0 Å². The fraction of sp³-hybridized carbons (Fsp3) is 0.0909. The molecule has 0 saturated heterocycles. The first-order valence-electron chi connectivity index (χ1n) is 5.53. The van der Waals surface area contributed by atoms with Crippen molar-refractivity contribution in [2.75, 3.05) is 7.11 Å². The molecule has 0 aliphatic carbocycles. The average Bonchev–Trinajstić information content (AvgIpc) is 2.50. The summed E-state index contributed by atoms with van der Waals surface area (Å²) in [7, 11) is 1.02. The van der Waals surface area contributed by atoms with Gasteiger partial charge in [-0.05, 0) is 12.1 Å². The number of methoxy groups -OCH3 is 1. The van der Waals surface area contributed by atoms with Crippen molar-refractivity contribution in [1.82, 2.24) is 10.7 Å². The zero-order valence-corrected chi connectivity index (χ0v) is 10.8. The number of hydrogen-bond donors (Lipinski definition) is 2. The van der Waals surface area contributed by atoms with E-state index in [1.807, 2.05) is 5.53 Å². The van der Waals surface area contributed by atoms with E-state index >= 15 is 0 Å². The Morgan fingerprint density at radius 1 is 1.27 bits per heavy atom. The van der Waals surface area contributed by atoms with E-state index in [0.29, 0.717) is 17.3 Å². The molecule has 0 bridgehead atoms. The highest BCUT2D eigenvalue weighted by molar-refractivity contribution is 6.68. The van der Waals surface area contributed by atoms with Crippen molar-refractivity contribution in [1.29, 1.82) is 0 Å². The van der Waals surface area contributed by atoms with Gasteiger partial charge < -0.3 is 9.84 Å². The van der Waals surface area contributed by atoms with Crippen molar-refractivity contribution < 1.29 is 32.6 Å². The molecule has 1 aromatic rings. The Hall–Kier alpha value is -3.11. The van der Waals surface area contributed by atoms with Crippen molar-refractivity contribution in [3.8, 4) is 0 Å². The van der Waals surface area contributed by atoms with Crippen LogP contribution in [0.15, 0.2) is 22.3 Å². The largest absolute Gasteiger partial charge is 0.476 e. The van der Waals surface area contributed by atoms with E-state index in [4.69, 9.17) is 5.11 Å². The molecule has 0 spiro atoms. The first-order chi connectivity index (χ1) is 10.3. The van der Waals surface area contributed by atoms with Gasteiger partial charge in [-0.15, -0.1) is 10.2 Å². The minimum absolute atomic E-state index is 0.404. The minimum atomic E-state index is -1.73. The van der Waals surface area contributed by atoms with E-state index in [1.54, 1.807) is 0 Å². The number of halogens is 3. The number of carbonyl (C=O) groups is 2. The van der Waals surface area contributed by atoms with Gasteiger partial charge in [-0.25, -0.2) is 22.8 Å². The topological polar surface area (TPSA) is 104 Å². The van der Waals surface area contributed by atoms with Gasteiger partial charge in [0.2, 0.25) is 0 Å². The predicted octanol–water partition coefficient (Wildman–Crippen LogP) is 0.835. The van der Waals surface area contributed by atoms with Crippen molar-refractivity contribution >= 4 is 23.5 Å². The van der Waals surface area contributed by atoms with Crippen LogP contribution in [-0.2, 0) is 9.53 Å². The molecule has 0 fully saturated rings. The van der Waals surface area contributed by atoms with Gasteiger partial charge in [0.15, 0.2) is 23.2 Å². The van der Waals surface area contributed by atoms with Crippen LogP contribution in [0.4, 0.5) is 18.0 Å². The monoisotopic (exact) mass is 316 g/mol. The third-order valence-electron chi connectivity index (χ3n) is 2.49. The number of hydrazone groups is 2. The van der Waals surface area contributed by atoms with Crippen molar-refractivity contribution in [2.45, 2.75) is 0 Å². The highest BCUT2D eigenvalue weighted by Gasteiger charge is 2.29. The summed E-state index contributed by atoms with van der Waals surface area (Å²) in [6, 6.07) is 1.05. The highest BCUT2D eigenvalue weighted by Crippen LogP contribution is 2.16. The van der Waals surface area contributed by atoms with Gasteiger partial charge in [0.25, 0.3) is 0 Å². The summed E-state index contributed by atoms with van der Waals surface area (Å²) in [5.74, 6) is -6.41. The number of nitrogens with zero attached hydrogens (tertiary/aromatic N) is 3. The molecule has 1 amide bonds. The summed E-state index contributed by atoms with van der Waals surface area (Å²) >= 11 is 0. The van der Waals surface area contributed by atoms with Crippen LogP contribution in [0.5, 0.6) is 0 Å². The van der Waals surface area contributed by atoms with Crippen LogP contribution in [-0.4, -0.2) is 40.8 Å². The summed E-state index contributed by atoms with van der Waals surface area (Å²) < 4.78 is 43.8. The summed E-state index contributed by atoms with van der Waals surface area (Å²) in [6.07, 6.45) is -1.06. The second-order valence-electron chi connectivity index (χ2n) is 3.85. The second kappa shape index (κ2) is 5.71. The molecule has 22 heavy (non-hydrogen) atoms. The van der Waals surface area contributed by atoms with E-state index in [-0.39, 0.29) is 0 Å². The lowest BCUT2D eigenvalue weighted by Gasteiger charge is -2.20. The zero-order chi connectivity index (χ0) is 16.4. The van der Waals surface area contributed by atoms with Crippen LogP contribution in [0.2, 0.25) is 0 Å². The van der Waals surface area contributed by atoms with Gasteiger partial charge in [0.05, 0.1) is 7.11 Å². The summed E-state index contributed by atoms with van der Waals surface area (Å²) in [4.78, 5) is 22.4. The number of benzene rings is 1. The number of hydrazine groups is 1. The molecular formula is C11H7F3N4O4. The number of carbonyl (C=O) groups excluding carboxylic acids is 1. The average molecular weight is 316 g/mol. The molecule has 2 N–H and O–H groups in total. The summed E-state index contributed by atoms with van der Waals surface area (Å²) in [5, 5.41) is 16.3. The zero-order valence-electron chi connectivity index (χ0n) is 10.8. The number of nitrogens with one attached hydrogen (secondary N) is 1. The lowest BCUT2D eigenvalue weighted by Crippen LogP contribution is -2.44. The van der Waals surface area contributed by atoms with E-state index in [9.17, 15) is 22.8 Å². The number of carboxylic acids is 1. The number of aliphatic carboxylic acids is 1. The molecule has 0 aromatic heterocycles. The van der Waals surface area contributed by atoms with Crippen LogP contribution in [0, 0.1) is 17.5 Å². The predicted molar refractivity (Wildman–Crippen MR) is 65.3 cm³/mol. The molecular weight excluding hydrogens is 309 g/mol. The smallest absolute Gasteiger partial charge is 0.451 e. The molecule has 1 aliphatic heterocycles. The van der Waals surface area contributed by atoms with Crippen molar-refractivity contribution in [2.24, 2.45) is 10.2 Å². The lowest BCUT2D eigenvalue weighted by molar-refractivity contribution is -0.129. The maximum absolute atomic E-state index is 13.3. The van der Waals surface area contributed by atoms with E-state index < -0.39 is 46.5 Å². The molecule has 116 valence electrons. The third kappa shape index (κ3) is 2.68. The van der Waals surface area contributed by atoms with Gasteiger partial charge in [0.1, 0.15) is 5.71 Å². The summed E-state index contributed by atoms with van der Waals surface area (Å²) in [5.41, 5.74) is 0.244. The van der Waals surface area contributed by atoms with Gasteiger partial charge in [-0.2, -0.15) is 5.53 Å². The van der Waals surface area contributed by atoms with Gasteiger partial charge in [-0.1, -0.05) is 5.12 Å². The number of hydrogen-bond acceptors (Lipinski definition) is 6. The standard InChI is InChI=1S/C11H7F3N4O4/c1-22-11(21)18-16-8(9(10(19)20)15-17-18)4-2-5(12)7(14)6(13)3-4/h2-3,17H,1H3,(H,19,20). The van der Waals surface area contributed by atoms with Gasteiger partial charge in [-0.3, -0.25) is 0 Å². The Morgan fingerprint density at radius 2 is 1.86 bits per heavy atom. The maximum Gasteiger partial charge on any atom is 0.451 e.